The second-order valence-electron chi connectivity index (χ2n) is 8.19. The van der Waals surface area contributed by atoms with Crippen LogP contribution in [-0.4, -0.2) is 45.8 Å². The molecule has 0 radical (unpaired) electrons. The van der Waals surface area contributed by atoms with Crippen molar-refractivity contribution in [3.05, 3.63) is 83.8 Å². The van der Waals surface area contributed by atoms with Crippen LogP contribution in [0.25, 0.3) is 0 Å². The molecule has 1 aliphatic heterocycles. The fourth-order valence-corrected chi connectivity index (χ4v) is 4.15. The van der Waals surface area contributed by atoms with E-state index in [2.05, 4.69) is 0 Å². The van der Waals surface area contributed by atoms with E-state index < -0.39 is 6.04 Å². The number of nitrogens with zero attached hydrogens (tertiary/aromatic N) is 3. The third-order valence-corrected chi connectivity index (χ3v) is 5.49. The molecule has 2 amide bonds. The molecule has 0 aliphatic carbocycles. The third kappa shape index (κ3) is 4.26. The summed E-state index contributed by atoms with van der Waals surface area (Å²) in [6.07, 6.45) is 3.38. The summed E-state index contributed by atoms with van der Waals surface area (Å²) in [4.78, 5) is 29.6. The molecule has 2 aromatic heterocycles. The summed E-state index contributed by atoms with van der Waals surface area (Å²) in [7, 11) is 0. The standard InChI is InChI=1S/C24H26FN3O3/c1-17(2)15-27(24(30)21-10-6-14-31-21)16-22(29)28-13-12-26-11-5-9-20(26)23(28)18-7-3-4-8-19(18)25/h3-11,14,17,23H,12-13,15-16H2,1-2H3/t23-/m1/s1. The number of amides is 2. The Morgan fingerprint density at radius 3 is 2.65 bits per heavy atom. The molecule has 31 heavy (non-hydrogen) atoms. The first-order valence-electron chi connectivity index (χ1n) is 10.5. The largest absolute Gasteiger partial charge is 0.459 e. The van der Waals surface area contributed by atoms with Crippen LogP contribution >= 0.6 is 0 Å². The highest BCUT2D eigenvalue weighted by molar-refractivity contribution is 5.94. The predicted molar refractivity (Wildman–Crippen MR) is 114 cm³/mol. The van der Waals surface area contributed by atoms with E-state index in [0.717, 1.165) is 5.69 Å². The monoisotopic (exact) mass is 423 g/mol. The molecule has 0 N–H and O–H groups in total. The number of rotatable bonds is 6. The Morgan fingerprint density at radius 1 is 1.13 bits per heavy atom. The molecule has 4 rings (SSSR count). The van der Waals surface area contributed by atoms with Crippen molar-refractivity contribution in [2.24, 2.45) is 5.92 Å². The van der Waals surface area contributed by atoms with E-state index in [1.807, 2.05) is 36.7 Å². The second-order valence-corrected chi connectivity index (χ2v) is 8.19. The summed E-state index contributed by atoms with van der Waals surface area (Å²) in [5, 5.41) is 0. The molecule has 0 bridgehead atoms. The van der Waals surface area contributed by atoms with Gasteiger partial charge in [0.15, 0.2) is 5.76 Å². The van der Waals surface area contributed by atoms with Gasteiger partial charge in [-0.15, -0.1) is 0 Å². The highest BCUT2D eigenvalue weighted by Gasteiger charge is 2.35. The minimum absolute atomic E-state index is 0.0939. The lowest BCUT2D eigenvalue weighted by molar-refractivity contribution is -0.134. The van der Waals surface area contributed by atoms with Gasteiger partial charge in [-0.1, -0.05) is 32.0 Å². The summed E-state index contributed by atoms with van der Waals surface area (Å²) in [5.74, 6) is -0.527. The third-order valence-electron chi connectivity index (χ3n) is 5.49. The first kappa shape index (κ1) is 20.9. The maximum Gasteiger partial charge on any atom is 0.290 e. The maximum absolute atomic E-state index is 14.7. The molecule has 0 saturated carbocycles. The Labute approximate surface area is 180 Å². The van der Waals surface area contributed by atoms with Crippen LogP contribution in [0, 0.1) is 11.7 Å². The van der Waals surface area contributed by atoms with Crippen molar-refractivity contribution in [1.82, 2.24) is 14.4 Å². The van der Waals surface area contributed by atoms with Crippen LogP contribution in [0.5, 0.6) is 0 Å². The van der Waals surface area contributed by atoms with Gasteiger partial charge in [0.1, 0.15) is 18.4 Å². The van der Waals surface area contributed by atoms with Gasteiger partial charge in [0.2, 0.25) is 5.91 Å². The zero-order chi connectivity index (χ0) is 22.0. The van der Waals surface area contributed by atoms with Gasteiger partial charge in [-0.25, -0.2) is 4.39 Å². The van der Waals surface area contributed by atoms with E-state index in [1.165, 1.54) is 17.2 Å². The van der Waals surface area contributed by atoms with Gasteiger partial charge < -0.3 is 18.8 Å². The van der Waals surface area contributed by atoms with Crippen molar-refractivity contribution in [2.45, 2.75) is 26.4 Å². The molecule has 0 saturated heterocycles. The van der Waals surface area contributed by atoms with Crippen LogP contribution in [0.15, 0.2) is 65.4 Å². The van der Waals surface area contributed by atoms with E-state index >= 15 is 0 Å². The molecular weight excluding hydrogens is 397 g/mol. The Balaban J connectivity index is 1.64. The lowest BCUT2D eigenvalue weighted by Crippen LogP contribution is -2.48. The van der Waals surface area contributed by atoms with Crippen LogP contribution in [0.2, 0.25) is 0 Å². The lowest BCUT2D eigenvalue weighted by Gasteiger charge is -2.38. The summed E-state index contributed by atoms with van der Waals surface area (Å²) in [6, 6.07) is 13.0. The molecule has 6 nitrogen and oxygen atoms in total. The van der Waals surface area contributed by atoms with E-state index in [0.29, 0.717) is 25.2 Å². The van der Waals surface area contributed by atoms with Crippen molar-refractivity contribution in [3.63, 3.8) is 0 Å². The number of fused-ring (bicyclic) bond motifs is 1. The van der Waals surface area contributed by atoms with Gasteiger partial charge in [-0.2, -0.15) is 0 Å². The van der Waals surface area contributed by atoms with E-state index in [1.54, 1.807) is 35.2 Å². The number of carbonyl (C=O) groups excluding carboxylic acids is 2. The van der Waals surface area contributed by atoms with Gasteiger partial charge in [-0.05, 0) is 36.2 Å². The number of aromatic nitrogens is 1. The van der Waals surface area contributed by atoms with Gasteiger partial charge >= 0.3 is 0 Å². The first-order chi connectivity index (χ1) is 15.0. The van der Waals surface area contributed by atoms with Gasteiger partial charge in [0, 0.05) is 37.1 Å². The average molecular weight is 423 g/mol. The molecule has 0 unspecified atom stereocenters. The number of carbonyl (C=O) groups is 2. The second kappa shape index (κ2) is 8.79. The van der Waals surface area contributed by atoms with Crippen molar-refractivity contribution < 1.29 is 18.4 Å². The summed E-state index contributed by atoms with van der Waals surface area (Å²) >= 11 is 0. The highest BCUT2D eigenvalue weighted by atomic mass is 19.1. The van der Waals surface area contributed by atoms with E-state index in [-0.39, 0.29) is 35.9 Å². The molecule has 162 valence electrons. The molecule has 1 atom stereocenters. The number of hydrogen-bond donors (Lipinski definition) is 0. The average Bonchev–Trinajstić information content (AvgIpc) is 3.44. The van der Waals surface area contributed by atoms with Crippen LogP contribution in [-0.2, 0) is 11.3 Å². The zero-order valence-electron chi connectivity index (χ0n) is 17.7. The van der Waals surface area contributed by atoms with E-state index in [4.69, 9.17) is 4.42 Å². The molecule has 1 aliphatic rings. The number of furan rings is 1. The molecule has 1 aromatic carbocycles. The maximum atomic E-state index is 14.7. The Morgan fingerprint density at radius 2 is 1.94 bits per heavy atom. The zero-order valence-corrected chi connectivity index (χ0v) is 17.7. The first-order valence-corrected chi connectivity index (χ1v) is 10.5. The van der Waals surface area contributed by atoms with Crippen molar-refractivity contribution in [2.75, 3.05) is 19.6 Å². The van der Waals surface area contributed by atoms with Crippen LogP contribution in [0.4, 0.5) is 4.39 Å². The molecule has 7 heteroatoms. The number of hydrogen-bond acceptors (Lipinski definition) is 3. The predicted octanol–water partition coefficient (Wildman–Crippen LogP) is 3.95. The van der Waals surface area contributed by atoms with Gasteiger partial charge in [0.25, 0.3) is 5.91 Å². The van der Waals surface area contributed by atoms with Crippen LogP contribution in [0.1, 0.15) is 41.7 Å². The minimum Gasteiger partial charge on any atom is -0.459 e. The normalized spacial score (nSPS) is 15.7. The van der Waals surface area contributed by atoms with Crippen LogP contribution < -0.4 is 0 Å². The van der Waals surface area contributed by atoms with Crippen molar-refractivity contribution >= 4 is 11.8 Å². The van der Waals surface area contributed by atoms with Crippen molar-refractivity contribution in [1.29, 1.82) is 0 Å². The summed E-state index contributed by atoms with van der Waals surface area (Å²) < 4.78 is 22.0. The Kier molecular flexibility index (Phi) is 5.93. The van der Waals surface area contributed by atoms with Crippen LogP contribution in [0.3, 0.4) is 0 Å². The van der Waals surface area contributed by atoms with Gasteiger partial charge in [0.05, 0.1) is 6.26 Å². The number of benzene rings is 1. The smallest absolute Gasteiger partial charge is 0.290 e. The Hall–Kier alpha value is -3.35. The fourth-order valence-electron chi connectivity index (χ4n) is 4.15. The highest BCUT2D eigenvalue weighted by Crippen LogP contribution is 2.34. The molecule has 3 heterocycles. The quantitative estimate of drug-likeness (QED) is 0.603. The molecule has 3 aromatic rings. The van der Waals surface area contributed by atoms with Crippen molar-refractivity contribution in [3.8, 4) is 0 Å². The summed E-state index contributed by atoms with van der Waals surface area (Å²) in [6.45, 7) is 5.36. The lowest BCUT2D eigenvalue weighted by atomic mass is 9.99. The minimum atomic E-state index is -0.544. The Bertz CT molecular complexity index is 1060. The van der Waals surface area contributed by atoms with E-state index in [9.17, 15) is 14.0 Å². The van der Waals surface area contributed by atoms with Gasteiger partial charge in [-0.3, -0.25) is 9.59 Å². The number of halogens is 1. The summed E-state index contributed by atoms with van der Waals surface area (Å²) in [5.41, 5.74) is 1.31. The fraction of sp³-hybridized carbons (Fsp3) is 0.333. The topological polar surface area (TPSA) is 58.7 Å². The SMILES string of the molecule is CC(C)CN(CC(=O)N1CCn2cccc2[C@H]1c1ccccc1F)C(=O)c1ccco1. The molecule has 0 spiro atoms. The molecular formula is C24H26FN3O3. The molecule has 0 fully saturated rings.